The van der Waals surface area contributed by atoms with E-state index in [2.05, 4.69) is 19.2 Å². The van der Waals surface area contributed by atoms with Crippen molar-refractivity contribution in [1.29, 1.82) is 0 Å². The third-order valence-electron chi connectivity index (χ3n) is 3.74. The lowest BCUT2D eigenvalue weighted by Crippen LogP contribution is -2.43. The molecular formula is C19H30N2O4. The average Bonchev–Trinajstić information content (AvgIpc) is 2.61. The lowest BCUT2D eigenvalue weighted by Gasteiger charge is -2.22. The number of hydrogen-bond acceptors (Lipinski definition) is 4. The fourth-order valence-corrected chi connectivity index (χ4v) is 2.26. The summed E-state index contributed by atoms with van der Waals surface area (Å²) in [4.78, 5) is 25.2. The number of esters is 1. The summed E-state index contributed by atoms with van der Waals surface area (Å²) in [6.45, 7) is 5.23. The Labute approximate surface area is 150 Å². The topological polar surface area (TPSA) is 78.9 Å². The zero-order valence-electron chi connectivity index (χ0n) is 15.2. The number of nitrogens with zero attached hydrogens (tertiary/aromatic N) is 1. The second kappa shape index (κ2) is 12.3. The molecule has 0 bridgehead atoms. The number of aliphatic hydroxyl groups is 1. The molecule has 0 heterocycles. The van der Waals surface area contributed by atoms with Crippen LogP contribution >= 0.6 is 0 Å². The molecule has 0 saturated carbocycles. The molecule has 2 amide bonds. The predicted octanol–water partition coefficient (Wildman–Crippen LogP) is 2.21. The van der Waals surface area contributed by atoms with E-state index >= 15 is 0 Å². The molecule has 0 aliphatic rings. The Morgan fingerprint density at radius 3 is 2.56 bits per heavy atom. The molecule has 0 aliphatic heterocycles. The summed E-state index contributed by atoms with van der Waals surface area (Å²) in [6.07, 6.45) is 1.92. The van der Waals surface area contributed by atoms with Crippen LogP contribution in [0.1, 0.15) is 32.3 Å². The molecule has 0 aliphatic carbocycles. The van der Waals surface area contributed by atoms with Gasteiger partial charge in [-0.1, -0.05) is 44.2 Å². The van der Waals surface area contributed by atoms with Crippen molar-refractivity contribution in [1.82, 2.24) is 10.2 Å². The average molecular weight is 350 g/mol. The van der Waals surface area contributed by atoms with Gasteiger partial charge in [-0.2, -0.15) is 0 Å². The Morgan fingerprint density at radius 2 is 1.92 bits per heavy atom. The van der Waals surface area contributed by atoms with Crippen molar-refractivity contribution in [3.8, 4) is 0 Å². The maximum atomic E-state index is 12.2. The second-order valence-electron chi connectivity index (χ2n) is 6.33. The van der Waals surface area contributed by atoms with Crippen molar-refractivity contribution < 1.29 is 19.4 Å². The minimum Gasteiger partial charge on any atom is -0.464 e. The van der Waals surface area contributed by atoms with E-state index in [0.29, 0.717) is 18.9 Å². The summed E-state index contributed by atoms with van der Waals surface area (Å²) >= 11 is 0. The first-order valence-electron chi connectivity index (χ1n) is 8.86. The van der Waals surface area contributed by atoms with Gasteiger partial charge in [-0.15, -0.1) is 0 Å². The summed E-state index contributed by atoms with van der Waals surface area (Å²) in [5, 5.41) is 11.9. The normalized spacial score (nSPS) is 10.6. The lowest BCUT2D eigenvalue weighted by molar-refractivity contribution is -0.143. The quantitative estimate of drug-likeness (QED) is 0.474. The molecule has 0 atom stereocenters. The third kappa shape index (κ3) is 9.72. The van der Waals surface area contributed by atoms with Crippen LogP contribution in [-0.4, -0.2) is 54.9 Å². The van der Waals surface area contributed by atoms with Gasteiger partial charge >= 0.3 is 12.0 Å². The van der Waals surface area contributed by atoms with Crippen molar-refractivity contribution >= 4 is 12.0 Å². The monoisotopic (exact) mass is 350 g/mol. The number of hydrogen-bond donors (Lipinski definition) is 2. The van der Waals surface area contributed by atoms with Crippen LogP contribution in [0.25, 0.3) is 0 Å². The number of aliphatic hydroxyl groups excluding tert-OH is 1. The molecule has 1 rings (SSSR count). The molecule has 0 saturated heterocycles. The standard InChI is InChI=1S/C19H30N2O4/c1-16(2)8-9-18(23)25-15-11-20-19(24)21(13-14-22)12-10-17-6-4-3-5-7-17/h3-7,16,22H,8-15H2,1-2H3,(H,20,24). The highest BCUT2D eigenvalue weighted by Crippen LogP contribution is 2.04. The van der Waals surface area contributed by atoms with Crippen molar-refractivity contribution in [2.24, 2.45) is 5.92 Å². The Hall–Kier alpha value is -2.08. The summed E-state index contributed by atoms with van der Waals surface area (Å²) < 4.78 is 5.09. The van der Waals surface area contributed by atoms with Crippen LogP contribution in [-0.2, 0) is 16.0 Å². The van der Waals surface area contributed by atoms with Crippen LogP contribution in [0.2, 0.25) is 0 Å². The van der Waals surface area contributed by atoms with Gasteiger partial charge in [0.05, 0.1) is 13.2 Å². The number of rotatable bonds is 11. The summed E-state index contributed by atoms with van der Waals surface area (Å²) in [6, 6.07) is 9.61. The minimum atomic E-state index is -0.261. The van der Waals surface area contributed by atoms with Crippen molar-refractivity contribution in [2.75, 3.05) is 32.8 Å². The van der Waals surface area contributed by atoms with Gasteiger partial charge in [0.15, 0.2) is 0 Å². The van der Waals surface area contributed by atoms with E-state index in [9.17, 15) is 9.59 Å². The highest BCUT2D eigenvalue weighted by Gasteiger charge is 2.12. The van der Waals surface area contributed by atoms with E-state index in [4.69, 9.17) is 9.84 Å². The Bertz CT molecular complexity index is 505. The molecule has 140 valence electrons. The molecule has 6 nitrogen and oxygen atoms in total. The Morgan fingerprint density at radius 1 is 1.20 bits per heavy atom. The molecule has 0 spiro atoms. The smallest absolute Gasteiger partial charge is 0.317 e. The molecule has 25 heavy (non-hydrogen) atoms. The van der Waals surface area contributed by atoms with Gasteiger partial charge in [0.25, 0.3) is 0 Å². The maximum Gasteiger partial charge on any atom is 0.317 e. The van der Waals surface area contributed by atoms with Gasteiger partial charge in [0.2, 0.25) is 0 Å². The number of carbonyl (C=O) groups excluding carboxylic acids is 2. The first-order valence-corrected chi connectivity index (χ1v) is 8.86. The van der Waals surface area contributed by atoms with Crippen LogP contribution in [0.15, 0.2) is 30.3 Å². The van der Waals surface area contributed by atoms with Gasteiger partial charge in [0.1, 0.15) is 6.61 Å². The van der Waals surface area contributed by atoms with Crippen molar-refractivity contribution in [2.45, 2.75) is 33.1 Å². The molecule has 1 aromatic carbocycles. The number of nitrogens with one attached hydrogen (secondary N) is 1. The summed E-state index contributed by atoms with van der Waals surface area (Å²) in [7, 11) is 0. The summed E-state index contributed by atoms with van der Waals surface area (Å²) in [5.41, 5.74) is 1.14. The van der Waals surface area contributed by atoms with Crippen molar-refractivity contribution in [3.05, 3.63) is 35.9 Å². The van der Waals surface area contributed by atoms with Crippen LogP contribution in [0.3, 0.4) is 0 Å². The van der Waals surface area contributed by atoms with E-state index < -0.39 is 0 Å². The molecule has 1 aromatic rings. The van der Waals surface area contributed by atoms with Gasteiger partial charge in [0, 0.05) is 19.5 Å². The van der Waals surface area contributed by atoms with Gasteiger partial charge < -0.3 is 20.1 Å². The van der Waals surface area contributed by atoms with E-state index in [-0.39, 0.29) is 38.3 Å². The first-order chi connectivity index (χ1) is 12.0. The fraction of sp³-hybridized carbons (Fsp3) is 0.579. The first kappa shape index (κ1) is 21.0. The number of carbonyl (C=O) groups is 2. The SMILES string of the molecule is CC(C)CCC(=O)OCCNC(=O)N(CCO)CCc1ccccc1. The second-order valence-corrected chi connectivity index (χ2v) is 6.33. The van der Waals surface area contributed by atoms with Crippen molar-refractivity contribution in [3.63, 3.8) is 0 Å². The fourth-order valence-electron chi connectivity index (χ4n) is 2.26. The minimum absolute atomic E-state index is 0.0909. The molecule has 0 fully saturated rings. The number of benzene rings is 1. The zero-order chi connectivity index (χ0) is 18.5. The maximum absolute atomic E-state index is 12.2. The van der Waals surface area contributed by atoms with Crippen LogP contribution < -0.4 is 5.32 Å². The molecular weight excluding hydrogens is 320 g/mol. The lowest BCUT2D eigenvalue weighted by atomic mass is 10.1. The van der Waals surface area contributed by atoms with E-state index in [1.807, 2.05) is 30.3 Å². The number of amides is 2. The molecule has 6 heteroatoms. The Kier molecular flexibility index (Phi) is 10.3. The van der Waals surface area contributed by atoms with Gasteiger partial charge in [-0.3, -0.25) is 4.79 Å². The van der Waals surface area contributed by atoms with Gasteiger partial charge in [-0.25, -0.2) is 4.79 Å². The molecule has 0 unspecified atom stereocenters. The molecule has 0 radical (unpaired) electrons. The van der Waals surface area contributed by atoms with Crippen LogP contribution in [0.5, 0.6) is 0 Å². The highest BCUT2D eigenvalue weighted by atomic mass is 16.5. The molecule has 0 aromatic heterocycles. The third-order valence-corrected chi connectivity index (χ3v) is 3.74. The summed E-state index contributed by atoms with van der Waals surface area (Å²) in [5.74, 6) is 0.225. The van der Waals surface area contributed by atoms with Crippen LogP contribution in [0.4, 0.5) is 4.79 Å². The van der Waals surface area contributed by atoms with E-state index in [1.165, 1.54) is 0 Å². The van der Waals surface area contributed by atoms with E-state index in [1.54, 1.807) is 4.90 Å². The predicted molar refractivity (Wildman–Crippen MR) is 97.2 cm³/mol. The zero-order valence-corrected chi connectivity index (χ0v) is 15.2. The largest absolute Gasteiger partial charge is 0.464 e. The number of ether oxygens (including phenoxy) is 1. The highest BCUT2D eigenvalue weighted by molar-refractivity contribution is 5.74. The van der Waals surface area contributed by atoms with Crippen LogP contribution in [0, 0.1) is 5.92 Å². The molecule has 2 N–H and O–H groups in total. The van der Waals surface area contributed by atoms with E-state index in [0.717, 1.165) is 18.4 Å². The Balaban J connectivity index is 2.27. The number of urea groups is 1. The van der Waals surface area contributed by atoms with Gasteiger partial charge in [-0.05, 0) is 24.3 Å².